The highest BCUT2D eigenvalue weighted by Crippen LogP contribution is 2.27. The normalized spacial score (nSPS) is 14.1. The van der Waals surface area contributed by atoms with Gasteiger partial charge >= 0.3 is 0 Å². The molecule has 1 aromatic carbocycles. The molecule has 0 aliphatic heterocycles. The van der Waals surface area contributed by atoms with E-state index in [1.54, 1.807) is 24.3 Å². The first kappa shape index (κ1) is 12.3. The number of nitrogens with zero attached hydrogens (tertiary/aromatic N) is 1. The van der Waals surface area contributed by atoms with Crippen LogP contribution in [0, 0.1) is 0 Å². The molecule has 0 amide bonds. The highest BCUT2D eigenvalue weighted by molar-refractivity contribution is 7.78. The van der Waals surface area contributed by atoms with Crippen molar-refractivity contribution in [3.8, 4) is 0 Å². The Kier molecular flexibility index (Phi) is 4.88. The highest BCUT2D eigenvalue weighted by Gasteiger charge is 2.19. The Labute approximate surface area is 98.0 Å². The molecule has 1 rings (SSSR count). The number of alkyl halides is 1. The standard InChI is InChI=1S/C10H10ClNO2S/c11-5-9(13)10(14)7-3-1-2-4-8(7)12-6-15/h1-4,9-10,13-14H,5H2. The number of benzene rings is 1. The van der Waals surface area contributed by atoms with Crippen LogP contribution in [0.15, 0.2) is 29.3 Å². The van der Waals surface area contributed by atoms with Crippen LogP contribution < -0.4 is 0 Å². The third-order valence-electron chi connectivity index (χ3n) is 1.94. The molecule has 0 saturated heterocycles. The van der Waals surface area contributed by atoms with Gasteiger partial charge in [-0.3, -0.25) is 0 Å². The number of rotatable bonds is 4. The van der Waals surface area contributed by atoms with E-state index in [2.05, 4.69) is 22.4 Å². The van der Waals surface area contributed by atoms with Gasteiger partial charge in [-0.2, -0.15) is 4.99 Å². The Morgan fingerprint density at radius 1 is 1.40 bits per heavy atom. The molecule has 0 fully saturated rings. The molecule has 0 radical (unpaired) electrons. The van der Waals surface area contributed by atoms with E-state index < -0.39 is 12.2 Å². The van der Waals surface area contributed by atoms with Gasteiger partial charge in [0.1, 0.15) is 6.10 Å². The minimum absolute atomic E-state index is 0.0448. The van der Waals surface area contributed by atoms with Crippen LogP contribution in [0.3, 0.4) is 0 Å². The van der Waals surface area contributed by atoms with E-state index in [1.807, 2.05) is 0 Å². The fraction of sp³-hybridized carbons (Fsp3) is 0.300. The van der Waals surface area contributed by atoms with Crippen molar-refractivity contribution in [2.24, 2.45) is 4.99 Å². The van der Waals surface area contributed by atoms with Crippen LogP contribution >= 0.6 is 23.8 Å². The molecule has 5 heteroatoms. The second-order valence-electron chi connectivity index (χ2n) is 2.93. The molecule has 15 heavy (non-hydrogen) atoms. The van der Waals surface area contributed by atoms with E-state index in [0.717, 1.165) is 0 Å². The number of thiocarbonyl (C=S) groups is 1. The van der Waals surface area contributed by atoms with Gasteiger partial charge in [0.05, 0.1) is 22.8 Å². The van der Waals surface area contributed by atoms with Gasteiger partial charge in [-0.1, -0.05) is 18.2 Å². The van der Waals surface area contributed by atoms with Crippen LogP contribution in [0.4, 0.5) is 5.69 Å². The van der Waals surface area contributed by atoms with E-state index in [1.165, 1.54) is 0 Å². The molecule has 2 unspecified atom stereocenters. The molecular formula is C10H10ClNO2S. The van der Waals surface area contributed by atoms with E-state index in [4.69, 9.17) is 11.6 Å². The van der Waals surface area contributed by atoms with Crippen molar-refractivity contribution < 1.29 is 10.2 Å². The molecule has 3 nitrogen and oxygen atoms in total. The van der Waals surface area contributed by atoms with Gasteiger partial charge < -0.3 is 10.2 Å². The number of hydrogen-bond donors (Lipinski definition) is 2. The van der Waals surface area contributed by atoms with Crippen LogP contribution in [0.5, 0.6) is 0 Å². The summed E-state index contributed by atoms with van der Waals surface area (Å²) in [6.07, 6.45) is -2.08. The summed E-state index contributed by atoms with van der Waals surface area (Å²) in [6, 6.07) is 6.83. The Morgan fingerprint density at radius 2 is 2.07 bits per heavy atom. The molecule has 0 spiro atoms. The summed E-state index contributed by atoms with van der Waals surface area (Å²) in [6.45, 7) is 0. The Balaban J connectivity index is 3.07. The lowest BCUT2D eigenvalue weighted by Crippen LogP contribution is -2.19. The third kappa shape index (κ3) is 3.09. The van der Waals surface area contributed by atoms with Crippen LogP contribution in [0.1, 0.15) is 11.7 Å². The summed E-state index contributed by atoms with van der Waals surface area (Å²) in [7, 11) is 0. The summed E-state index contributed by atoms with van der Waals surface area (Å²) in [4.78, 5) is 3.80. The number of aliphatic hydroxyl groups is 2. The summed E-state index contributed by atoms with van der Waals surface area (Å²) < 4.78 is 0. The number of halogens is 1. The molecule has 0 aromatic heterocycles. The predicted molar refractivity (Wildman–Crippen MR) is 62.8 cm³/mol. The third-order valence-corrected chi connectivity index (χ3v) is 2.35. The largest absolute Gasteiger partial charge is 0.389 e. The van der Waals surface area contributed by atoms with Gasteiger partial charge in [-0.15, -0.1) is 11.6 Å². The van der Waals surface area contributed by atoms with E-state index in [-0.39, 0.29) is 5.88 Å². The van der Waals surface area contributed by atoms with Gasteiger partial charge in [0, 0.05) is 5.56 Å². The van der Waals surface area contributed by atoms with Crippen LogP contribution in [0.25, 0.3) is 0 Å². The molecule has 0 saturated carbocycles. The number of aliphatic hydroxyl groups excluding tert-OH is 2. The van der Waals surface area contributed by atoms with Crippen molar-refractivity contribution in [1.82, 2.24) is 0 Å². The van der Waals surface area contributed by atoms with Crippen LogP contribution in [-0.2, 0) is 0 Å². The number of aliphatic imine (C=N–C) groups is 1. The molecule has 2 atom stereocenters. The van der Waals surface area contributed by atoms with E-state index in [9.17, 15) is 10.2 Å². The predicted octanol–water partition coefficient (Wildman–Crippen LogP) is 2.05. The first-order valence-corrected chi connectivity index (χ1v) is 5.24. The molecule has 80 valence electrons. The summed E-state index contributed by atoms with van der Waals surface area (Å²) in [5.41, 5.74) is 0.979. The quantitative estimate of drug-likeness (QED) is 0.484. The van der Waals surface area contributed by atoms with Crippen molar-refractivity contribution >= 4 is 34.7 Å². The van der Waals surface area contributed by atoms with Gasteiger partial charge in [0.2, 0.25) is 0 Å². The SMILES string of the molecule is OC(CCl)C(O)c1ccccc1N=C=S. The second kappa shape index (κ2) is 5.95. The molecule has 1 aromatic rings. The highest BCUT2D eigenvalue weighted by atomic mass is 35.5. The maximum atomic E-state index is 9.74. The number of hydrogen-bond acceptors (Lipinski definition) is 4. The maximum Gasteiger partial charge on any atom is 0.108 e. The van der Waals surface area contributed by atoms with Gasteiger partial charge in [-0.25, -0.2) is 0 Å². The Bertz CT molecular complexity index is 379. The molecular weight excluding hydrogens is 234 g/mol. The maximum absolute atomic E-state index is 9.74. The number of isothiocyanates is 1. The Hall–Kier alpha value is -0.770. The molecule has 0 aliphatic carbocycles. The molecule has 0 heterocycles. The zero-order valence-electron chi connectivity index (χ0n) is 7.80. The smallest absolute Gasteiger partial charge is 0.108 e. The molecule has 0 bridgehead atoms. The average Bonchev–Trinajstić information content (AvgIpc) is 2.28. The van der Waals surface area contributed by atoms with Gasteiger partial charge in [-0.05, 0) is 18.3 Å². The summed E-state index contributed by atoms with van der Waals surface area (Å²) >= 11 is 9.94. The molecule has 2 N–H and O–H groups in total. The van der Waals surface area contributed by atoms with Crippen molar-refractivity contribution in [1.29, 1.82) is 0 Å². The lowest BCUT2D eigenvalue weighted by Gasteiger charge is -2.16. The second-order valence-corrected chi connectivity index (χ2v) is 3.42. The van der Waals surface area contributed by atoms with E-state index in [0.29, 0.717) is 11.3 Å². The van der Waals surface area contributed by atoms with Gasteiger partial charge in [0.25, 0.3) is 0 Å². The first-order valence-electron chi connectivity index (χ1n) is 4.29. The minimum atomic E-state index is -1.06. The van der Waals surface area contributed by atoms with Gasteiger partial charge in [0.15, 0.2) is 0 Å². The fourth-order valence-electron chi connectivity index (χ4n) is 1.18. The van der Waals surface area contributed by atoms with Crippen LogP contribution in [-0.4, -0.2) is 27.4 Å². The topological polar surface area (TPSA) is 52.8 Å². The first-order chi connectivity index (χ1) is 7.20. The van der Waals surface area contributed by atoms with Crippen LogP contribution in [0.2, 0.25) is 0 Å². The minimum Gasteiger partial charge on any atom is -0.389 e. The van der Waals surface area contributed by atoms with Crippen molar-refractivity contribution in [2.75, 3.05) is 5.88 Å². The van der Waals surface area contributed by atoms with E-state index >= 15 is 0 Å². The average molecular weight is 244 g/mol. The molecule has 0 aliphatic rings. The fourth-order valence-corrected chi connectivity index (χ4v) is 1.45. The summed E-state index contributed by atoms with van der Waals surface area (Å²) in [5, 5.41) is 21.4. The number of para-hydroxylation sites is 1. The van der Waals surface area contributed by atoms with Crippen molar-refractivity contribution in [2.45, 2.75) is 12.2 Å². The zero-order chi connectivity index (χ0) is 11.3. The summed E-state index contributed by atoms with van der Waals surface area (Å²) in [5.74, 6) is -0.0448. The van der Waals surface area contributed by atoms with Crippen molar-refractivity contribution in [3.05, 3.63) is 29.8 Å². The lowest BCUT2D eigenvalue weighted by atomic mass is 10.0. The van der Waals surface area contributed by atoms with Crippen molar-refractivity contribution in [3.63, 3.8) is 0 Å². The lowest BCUT2D eigenvalue weighted by molar-refractivity contribution is 0.0331. The monoisotopic (exact) mass is 243 g/mol. The zero-order valence-corrected chi connectivity index (χ0v) is 9.37. The Morgan fingerprint density at radius 3 is 2.67 bits per heavy atom.